The third kappa shape index (κ3) is 5.47. The zero-order valence-electron chi connectivity index (χ0n) is 19.3. The summed E-state index contributed by atoms with van der Waals surface area (Å²) in [5.74, 6) is 1.40. The molecule has 0 radical (unpaired) electrons. The summed E-state index contributed by atoms with van der Waals surface area (Å²) in [7, 11) is 0. The molecular weight excluding hydrogens is 410 g/mol. The van der Waals surface area contributed by atoms with Crippen LogP contribution in [0.25, 0.3) is 21.9 Å². The zero-order valence-corrected chi connectivity index (χ0v) is 19.3. The number of benzene rings is 4. The van der Waals surface area contributed by atoms with Gasteiger partial charge in [-0.2, -0.15) is 0 Å². The minimum Gasteiger partial charge on any atom is -0.508 e. The van der Waals surface area contributed by atoms with Gasteiger partial charge in [-0.1, -0.05) is 56.3 Å². The van der Waals surface area contributed by atoms with Gasteiger partial charge in [-0.15, -0.1) is 0 Å². The Kier molecular flexibility index (Phi) is 7.16. The average Bonchev–Trinajstić information content (AvgIpc) is 2.83. The van der Waals surface area contributed by atoms with Crippen LogP contribution in [0.15, 0.2) is 78.9 Å². The molecule has 0 aliphatic heterocycles. The molecule has 0 unspecified atom stereocenters. The Morgan fingerprint density at radius 1 is 0.758 bits per heavy atom. The highest BCUT2D eigenvalue weighted by molar-refractivity contribution is 5.93. The maximum absolute atomic E-state index is 9.95. The van der Waals surface area contributed by atoms with Crippen LogP contribution in [0, 0.1) is 0 Å². The van der Waals surface area contributed by atoms with E-state index in [1.54, 1.807) is 24.3 Å². The van der Waals surface area contributed by atoms with Gasteiger partial charge in [-0.3, -0.25) is 0 Å². The van der Waals surface area contributed by atoms with Crippen LogP contribution in [-0.4, -0.2) is 41.4 Å². The first-order valence-electron chi connectivity index (χ1n) is 11.6. The van der Waals surface area contributed by atoms with Gasteiger partial charge in [0.15, 0.2) is 0 Å². The van der Waals surface area contributed by atoms with Gasteiger partial charge in [0.25, 0.3) is 0 Å². The number of hydrogen-bond acceptors (Lipinski definition) is 4. The Balaban J connectivity index is 1.60. The molecular formula is C29H31NO3. The van der Waals surface area contributed by atoms with Crippen molar-refractivity contribution in [2.24, 2.45) is 0 Å². The van der Waals surface area contributed by atoms with Gasteiger partial charge < -0.3 is 19.8 Å². The topological polar surface area (TPSA) is 52.9 Å². The molecule has 0 heterocycles. The number of rotatable bonds is 9. The lowest BCUT2D eigenvalue weighted by molar-refractivity contribution is 0.223. The number of nitrogens with zero attached hydrogens (tertiary/aromatic N) is 1. The number of hydrogen-bond donors (Lipinski definition) is 2. The molecule has 0 saturated carbocycles. The zero-order chi connectivity index (χ0) is 23.2. The Morgan fingerprint density at radius 3 is 2.15 bits per heavy atom. The summed E-state index contributed by atoms with van der Waals surface area (Å²) in [5, 5.41) is 21.8. The quantitative estimate of drug-likeness (QED) is 0.323. The van der Waals surface area contributed by atoms with E-state index in [0.29, 0.717) is 6.61 Å². The molecule has 4 rings (SSSR count). The highest BCUT2D eigenvalue weighted by atomic mass is 16.5. The van der Waals surface area contributed by atoms with Crippen molar-refractivity contribution in [2.75, 3.05) is 26.2 Å². The molecule has 33 heavy (non-hydrogen) atoms. The Labute approximate surface area is 195 Å². The standard InChI is InChI=1S/C29H31NO3/c1-3-30(4-2)17-18-33-26-13-5-21(6-14-26)19-29-27(22-7-10-24(31)11-8-22)15-9-23-20-25(32)12-16-28(23)29/h5-16,20,31-32H,3-4,17-19H2,1-2H3. The summed E-state index contributed by atoms with van der Waals surface area (Å²) >= 11 is 0. The maximum Gasteiger partial charge on any atom is 0.119 e. The van der Waals surface area contributed by atoms with E-state index in [1.165, 1.54) is 11.1 Å². The van der Waals surface area contributed by atoms with Crippen LogP contribution in [0.4, 0.5) is 0 Å². The summed E-state index contributed by atoms with van der Waals surface area (Å²) in [4.78, 5) is 2.34. The van der Waals surface area contributed by atoms with E-state index in [2.05, 4.69) is 36.9 Å². The van der Waals surface area contributed by atoms with Crippen LogP contribution in [0.3, 0.4) is 0 Å². The highest BCUT2D eigenvalue weighted by Gasteiger charge is 2.12. The van der Waals surface area contributed by atoms with E-state index in [9.17, 15) is 10.2 Å². The predicted molar refractivity (Wildman–Crippen MR) is 135 cm³/mol. The molecule has 0 atom stereocenters. The van der Waals surface area contributed by atoms with Crippen LogP contribution in [-0.2, 0) is 6.42 Å². The number of phenols is 2. The van der Waals surface area contributed by atoms with E-state index < -0.39 is 0 Å². The number of phenolic OH excluding ortho intramolecular Hbond substituents is 2. The van der Waals surface area contributed by atoms with Crippen molar-refractivity contribution >= 4 is 10.8 Å². The predicted octanol–water partition coefficient (Wildman–Crippen LogP) is 6.23. The van der Waals surface area contributed by atoms with Crippen molar-refractivity contribution < 1.29 is 14.9 Å². The monoisotopic (exact) mass is 441 g/mol. The van der Waals surface area contributed by atoms with Gasteiger partial charge in [0, 0.05) is 6.54 Å². The van der Waals surface area contributed by atoms with Crippen molar-refractivity contribution in [3.63, 3.8) is 0 Å². The molecule has 4 heteroatoms. The van der Waals surface area contributed by atoms with Gasteiger partial charge >= 0.3 is 0 Å². The second-order valence-electron chi connectivity index (χ2n) is 8.24. The normalized spacial score (nSPS) is 11.2. The van der Waals surface area contributed by atoms with Crippen LogP contribution in [0.2, 0.25) is 0 Å². The average molecular weight is 442 g/mol. The van der Waals surface area contributed by atoms with E-state index >= 15 is 0 Å². The lowest BCUT2D eigenvalue weighted by Gasteiger charge is -2.18. The largest absolute Gasteiger partial charge is 0.508 e. The SMILES string of the molecule is CCN(CC)CCOc1ccc(Cc2c(-c3ccc(O)cc3)ccc3cc(O)ccc23)cc1. The van der Waals surface area contributed by atoms with Gasteiger partial charge in [0.2, 0.25) is 0 Å². The molecule has 2 N–H and O–H groups in total. The van der Waals surface area contributed by atoms with Crippen molar-refractivity contribution in [1.29, 1.82) is 0 Å². The van der Waals surface area contributed by atoms with Crippen molar-refractivity contribution in [3.8, 4) is 28.4 Å². The Hall–Kier alpha value is -3.50. The van der Waals surface area contributed by atoms with Crippen molar-refractivity contribution in [3.05, 3.63) is 90.0 Å². The van der Waals surface area contributed by atoms with Gasteiger partial charge in [-0.25, -0.2) is 0 Å². The molecule has 4 aromatic carbocycles. The summed E-state index contributed by atoms with van der Waals surface area (Å²) < 4.78 is 5.94. The molecule has 0 aliphatic carbocycles. The number of fused-ring (bicyclic) bond motifs is 1. The third-order valence-electron chi connectivity index (χ3n) is 6.17. The highest BCUT2D eigenvalue weighted by Crippen LogP contribution is 2.34. The number of ether oxygens (including phenoxy) is 1. The molecule has 0 aromatic heterocycles. The van der Waals surface area contributed by atoms with Gasteiger partial charge in [-0.05, 0) is 88.9 Å². The smallest absolute Gasteiger partial charge is 0.119 e. The fraction of sp³-hybridized carbons (Fsp3) is 0.241. The first-order valence-corrected chi connectivity index (χ1v) is 11.6. The fourth-order valence-electron chi connectivity index (χ4n) is 4.22. The first-order chi connectivity index (χ1) is 16.1. The second kappa shape index (κ2) is 10.4. The van der Waals surface area contributed by atoms with Gasteiger partial charge in [0.05, 0.1) is 0 Å². The number of likely N-dealkylation sites (N-methyl/N-ethyl adjacent to an activating group) is 1. The molecule has 0 aliphatic rings. The maximum atomic E-state index is 9.95. The molecule has 0 spiro atoms. The van der Waals surface area contributed by atoms with Crippen molar-refractivity contribution in [2.45, 2.75) is 20.3 Å². The lowest BCUT2D eigenvalue weighted by atomic mass is 9.90. The molecule has 0 amide bonds. The molecule has 4 aromatic rings. The fourth-order valence-corrected chi connectivity index (χ4v) is 4.22. The number of aromatic hydroxyl groups is 2. The van der Waals surface area contributed by atoms with Crippen LogP contribution >= 0.6 is 0 Å². The summed E-state index contributed by atoms with van der Waals surface area (Å²) in [6.07, 6.45) is 0.748. The van der Waals surface area contributed by atoms with E-state index in [0.717, 1.165) is 53.7 Å². The van der Waals surface area contributed by atoms with Crippen LogP contribution in [0.1, 0.15) is 25.0 Å². The Morgan fingerprint density at radius 2 is 1.45 bits per heavy atom. The van der Waals surface area contributed by atoms with E-state index in [1.807, 2.05) is 36.4 Å². The molecule has 0 bridgehead atoms. The molecule has 4 nitrogen and oxygen atoms in total. The first kappa shape index (κ1) is 22.7. The van der Waals surface area contributed by atoms with Gasteiger partial charge in [0.1, 0.15) is 23.9 Å². The minimum atomic E-state index is 0.252. The summed E-state index contributed by atoms with van der Waals surface area (Å²) in [5.41, 5.74) is 4.54. The van der Waals surface area contributed by atoms with E-state index in [4.69, 9.17) is 4.74 Å². The molecule has 0 saturated heterocycles. The summed E-state index contributed by atoms with van der Waals surface area (Å²) in [6.45, 7) is 8.00. The van der Waals surface area contributed by atoms with Crippen LogP contribution < -0.4 is 4.74 Å². The second-order valence-corrected chi connectivity index (χ2v) is 8.24. The third-order valence-corrected chi connectivity index (χ3v) is 6.17. The van der Waals surface area contributed by atoms with E-state index in [-0.39, 0.29) is 11.5 Å². The molecule has 0 fully saturated rings. The lowest BCUT2D eigenvalue weighted by Crippen LogP contribution is -2.27. The Bertz CT molecular complexity index is 1200. The van der Waals surface area contributed by atoms with Crippen molar-refractivity contribution in [1.82, 2.24) is 4.90 Å². The minimum absolute atomic E-state index is 0.252. The van der Waals surface area contributed by atoms with Crippen LogP contribution in [0.5, 0.6) is 17.2 Å². The summed E-state index contributed by atoms with van der Waals surface area (Å²) in [6, 6.07) is 25.3. The molecule has 170 valence electrons.